The van der Waals surface area contributed by atoms with E-state index < -0.39 is 31.8 Å². The van der Waals surface area contributed by atoms with Crippen molar-refractivity contribution in [2.75, 3.05) is 5.75 Å². The minimum Gasteiger partial charge on any atom is -0.560 e. The topological polar surface area (TPSA) is 97.8 Å². The van der Waals surface area contributed by atoms with Crippen LogP contribution in [0.5, 0.6) is 0 Å². The van der Waals surface area contributed by atoms with Crippen LogP contribution in [0.1, 0.15) is 54.8 Å². The Morgan fingerprint density at radius 3 is 2.08 bits per heavy atom. The number of carbonyl (C=O) groups is 3. The van der Waals surface area contributed by atoms with E-state index in [4.69, 9.17) is 14.1 Å². The monoisotopic (exact) mass is 705 g/mol. The number of amides is 2. The van der Waals surface area contributed by atoms with Crippen molar-refractivity contribution in [2.24, 2.45) is 0 Å². The zero-order valence-corrected chi connectivity index (χ0v) is 30.9. The largest absolute Gasteiger partial charge is 0.560 e. The summed E-state index contributed by atoms with van der Waals surface area (Å²) in [6.45, 7) is 11.4. The zero-order chi connectivity index (χ0) is 35.5. The Morgan fingerprint density at radius 2 is 1.52 bits per heavy atom. The van der Waals surface area contributed by atoms with Gasteiger partial charge in [0.1, 0.15) is 17.1 Å². The van der Waals surface area contributed by atoms with Crippen molar-refractivity contribution in [2.45, 2.75) is 69.5 Å². The molecule has 259 valence electrons. The number of β-lactam (4-membered cyclic amide) rings is 1. The lowest BCUT2D eigenvalue weighted by Gasteiger charge is -2.50. The molecule has 3 aromatic carbocycles. The van der Waals surface area contributed by atoms with Crippen LogP contribution in [0.15, 0.2) is 115 Å². The van der Waals surface area contributed by atoms with Gasteiger partial charge in [-0.25, -0.2) is 4.79 Å². The van der Waals surface area contributed by atoms with E-state index in [0.717, 1.165) is 27.9 Å². The van der Waals surface area contributed by atoms with Gasteiger partial charge in [-0.05, 0) is 36.6 Å². The molecule has 50 heavy (non-hydrogen) atoms. The van der Waals surface area contributed by atoms with Crippen LogP contribution in [0.3, 0.4) is 0 Å². The summed E-state index contributed by atoms with van der Waals surface area (Å²) in [6.07, 6.45) is 1.20. The fourth-order valence-corrected chi connectivity index (χ4v) is 8.06. The van der Waals surface area contributed by atoms with Gasteiger partial charge >= 0.3 is 5.97 Å². The predicted octanol–water partition coefficient (Wildman–Crippen LogP) is 7.29. The van der Waals surface area contributed by atoms with Crippen molar-refractivity contribution >= 4 is 43.4 Å². The molecule has 8 nitrogen and oxygen atoms in total. The Balaban J connectivity index is 1.30. The molecule has 0 aliphatic carbocycles. The number of pyridine rings is 1. The molecule has 0 saturated carbocycles. The molecule has 0 spiro atoms. The lowest BCUT2D eigenvalue weighted by molar-refractivity contribution is -0.154. The quantitative estimate of drug-likeness (QED) is 0.0995. The number of nitrogens with zero attached hydrogens (tertiary/aromatic N) is 2. The third kappa shape index (κ3) is 7.62. The van der Waals surface area contributed by atoms with Crippen LogP contribution in [-0.2, 0) is 36.6 Å². The van der Waals surface area contributed by atoms with Crippen molar-refractivity contribution in [3.63, 3.8) is 0 Å². The van der Waals surface area contributed by atoms with Gasteiger partial charge in [-0.1, -0.05) is 118 Å². The van der Waals surface area contributed by atoms with Gasteiger partial charge in [0.2, 0.25) is 5.91 Å². The molecule has 1 fully saturated rings. The number of fused-ring (bicyclic) bond motifs is 1. The van der Waals surface area contributed by atoms with Crippen LogP contribution >= 0.6 is 11.8 Å². The molecule has 4 aromatic rings. The fraction of sp³-hybridized carbons (Fsp3) is 0.300. The summed E-state index contributed by atoms with van der Waals surface area (Å²) >= 11 is 1.51. The minimum atomic E-state index is -1.98. The second-order valence-electron chi connectivity index (χ2n) is 14.1. The van der Waals surface area contributed by atoms with Crippen LogP contribution in [0.25, 0.3) is 5.57 Å². The van der Waals surface area contributed by atoms with Gasteiger partial charge in [-0.2, -0.15) is 0 Å². The van der Waals surface area contributed by atoms with Gasteiger partial charge in [-0.15, -0.1) is 29.9 Å². The summed E-state index contributed by atoms with van der Waals surface area (Å²) in [6, 6.07) is 31.6. The maximum atomic E-state index is 14.4. The van der Waals surface area contributed by atoms with Gasteiger partial charge in [0.05, 0.1) is 12.1 Å². The second kappa shape index (κ2) is 14.8. The van der Waals surface area contributed by atoms with E-state index in [1.54, 1.807) is 6.20 Å². The molecule has 0 unspecified atom stereocenters. The lowest BCUT2D eigenvalue weighted by Crippen LogP contribution is -2.70. The summed E-state index contributed by atoms with van der Waals surface area (Å²) in [7, 11) is -1.98. The zero-order valence-electron chi connectivity index (χ0n) is 29.1. The molecule has 0 radical (unpaired) electrons. The van der Waals surface area contributed by atoms with E-state index in [1.165, 1.54) is 16.7 Å². The highest BCUT2D eigenvalue weighted by molar-refractivity contribution is 8.00. The van der Waals surface area contributed by atoms with Crippen molar-refractivity contribution < 1.29 is 23.5 Å². The van der Waals surface area contributed by atoms with Crippen LogP contribution in [0.4, 0.5) is 0 Å². The van der Waals surface area contributed by atoms with Gasteiger partial charge in [-0.3, -0.25) is 19.5 Å². The van der Waals surface area contributed by atoms with E-state index in [0.29, 0.717) is 17.9 Å². The molecule has 1 aromatic heterocycles. The number of benzene rings is 3. The predicted molar refractivity (Wildman–Crippen MR) is 199 cm³/mol. The summed E-state index contributed by atoms with van der Waals surface area (Å²) < 4.78 is 12.7. The molecule has 3 heterocycles. The first-order valence-electron chi connectivity index (χ1n) is 16.8. The molecule has 2 aliphatic heterocycles. The number of carbonyl (C=O) groups excluding carboxylic acids is 3. The van der Waals surface area contributed by atoms with Gasteiger partial charge < -0.3 is 14.5 Å². The van der Waals surface area contributed by atoms with Gasteiger partial charge in [0, 0.05) is 24.1 Å². The number of thioether (sulfide) groups is 1. The fourth-order valence-electron chi connectivity index (χ4n) is 5.74. The number of esters is 1. The molecule has 2 aliphatic rings. The van der Waals surface area contributed by atoms with Gasteiger partial charge in [0.25, 0.3) is 5.91 Å². The number of hydrogen-bond acceptors (Lipinski definition) is 7. The SMILES string of the molecule is CC(C)(C)[Si-](C)(C)OCc1ccc(C2=C(C(=O)OC(c3ccccc3)c3ccccc3)N3C(=O)[C@@H](NC(=O)Cc4ccccc4)[C@H]3SC2)cn1. The Hall–Kier alpha value is -4.51. The lowest BCUT2D eigenvalue weighted by atomic mass is 9.98. The summed E-state index contributed by atoms with van der Waals surface area (Å²) in [4.78, 5) is 47.4. The van der Waals surface area contributed by atoms with Crippen LogP contribution in [-0.4, -0.2) is 53.2 Å². The number of ether oxygens (including phenoxy) is 1. The first-order valence-corrected chi connectivity index (χ1v) is 20.8. The highest BCUT2D eigenvalue weighted by atomic mass is 32.2. The molecule has 0 bridgehead atoms. The number of rotatable bonds is 11. The first kappa shape index (κ1) is 35.3. The van der Waals surface area contributed by atoms with E-state index in [9.17, 15) is 14.4 Å². The summed E-state index contributed by atoms with van der Waals surface area (Å²) in [5.41, 5.74) is 4.82. The molecular weight excluding hydrogens is 663 g/mol. The number of aromatic nitrogens is 1. The second-order valence-corrected chi connectivity index (χ2v) is 20.1. The first-order chi connectivity index (χ1) is 23.9. The number of hydrogen-bond donors (Lipinski definition) is 1. The molecule has 10 heteroatoms. The van der Waals surface area contributed by atoms with Crippen LogP contribution in [0.2, 0.25) is 18.1 Å². The summed E-state index contributed by atoms with van der Waals surface area (Å²) in [5.74, 6) is -0.791. The highest BCUT2D eigenvalue weighted by Gasteiger charge is 2.54. The third-order valence-electron chi connectivity index (χ3n) is 9.68. The average Bonchev–Trinajstić information content (AvgIpc) is 3.12. The van der Waals surface area contributed by atoms with Crippen molar-refractivity contribution in [1.82, 2.24) is 15.2 Å². The Labute approximate surface area is 299 Å². The van der Waals surface area contributed by atoms with Crippen LogP contribution in [0, 0.1) is 0 Å². The Bertz CT molecular complexity index is 1820. The van der Waals surface area contributed by atoms with Crippen molar-refractivity contribution in [1.29, 1.82) is 0 Å². The molecule has 2 atom stereocenters. The average molecular weight is 706 g/mol. The van der Waals surface area contributed by atoms with Crippen molar-refractivity contribution in [3.8, 4) is 0 Å². The molecule has 1 saturated heterocycles. The smallest absolute Gasteiger partial charge is 0.356 e. The molecule has 6 rings (SSSR count). The van der Waals surface area contributed by atoms with E-state index in [2.05, 4.69) is 39.2 Å². The van der Waals surface area contributed by atoms with E-state index in [-0.39, 0.29) is 29.0 Å². The normalized spacial score (nSPS) is 17.6. The standard InChI is InChI=1S/C40H43N3O5SSi/c1-40(2,3)50(4,5)47-25-31-22-21-30(24-41-31)32-26-49-38-34(42-33(44)23-27-15-9-6-10-16-27)37(45)43(38)35(32)39(46)48-36(28-17-11-7-12-18-28)29-19-13-8-14-20-29/h6-22,24,34,36,38H,23,25-26H2,1-5H3,(H,42,44)/q-1/t34-,38-/m1/s1. The number of nitrogens with one attached hydrogen (secondary N) is 1. The highest BCUT2D eigenvalue weighted by Crippen LogP contribution is 2.44. The Morgan fingerprint density at radius 1 is 0.920 bits per heavy atom. The Kier molecular flexibility index (Phi) is 10.4. The van der Waals surface area contributed by atoms with E-state index >= 15 is 0 Å². The van der Waals surface area contributed by atoms with Gasteiger partial charge in [0.15, 0.2) is 6.10 Å². The third-order valence-corrected chi connectivity index (χ3v) is 15.4. The van der Waals surface area contributed by atoms with E-state index in [1.807, 2.05) is 103 Å². The van der Waals surface area contributed by atoms with Crippen molar-refractivity contribution in [3.05, 3.63) is 143 Å². The minimum absolute atomic E-state index is 0.0723. The molecular formula is C40H43N3O5SSi-. The molecule has 1 N–H and O–H groups in total. The summed E-state index contributed by atoms with van der Waals surface area (Å²) in [5, 5.41) is 2.54. The molecule has 2 amide bonds. The maximum absolute atomic E-state index is 14.4. The maximum Gasteiger partial charge on any atom is 0.356 e. The van der Waals surface area contributed by atoms with Crippen LogP contribution < -0.4 is 5.32 Å².